The van der Waals surface area contributed by atoms with Crippen LogP contribution in [0.4, 0.5) is 17.6 Å². The van der Waals surface area contributed by atoms with Crippen LogP contribution in [0.15, 0.2) is 41.3 Å². The van der Waals surface area contributed by atoms with Gasteiger partial charge in [-0.2, -0.15) is 0 Å². The molecule has 0 spiro atoms. The lowest BCUT2D eigenvalue weighted by atomic mass is 10.1. The average Bonchev–Trinajstić information content (AvgIpc) is 2.66. The first-order chi connectivity index (χ1) is 12.9. The van der Waals surface area contributed by atoms with E-state index in [0.29, 0.717) is 5.56 Å². The van der Waals surface area contributed by atoms with E-state index in [2.05, 4.69) is 6.92 Å². The lowest BCUT2D eigenvalue weighted by molar-refractivity contribution is 0.103. The summed E-state index contributed by atoms with van der Waals surface area (Å²) in [5.74, 6) is -6.72. The Morgan fingerprint density at radius 2 is 1.59 bits per heavy atom. The molecule has 6 heteroatoms. The zero-order valence-corrected chi connectivity index (χ0v) is 15.7. The number of halogens is 4. The first-order valence-electron chi connectivity index (χ1n) is 8.72. The molecule has 27 heavy (non-hydrogen) atoms. The van der Waals surface area contributed by atoms with Crippen molar-refractivity contribution in [2.24, 2.45) is 0 Å². The van der Waals surface area contributed by atoms with Gasteiger partial charge in [0, 0.05) is 11.0 Å². The molecule has 0 saturated carbocycles. The van der Waals surface area contributed by atoms with Crippen LogP contribution in [0.5, 0.6) is 0 Å². The molecule has 0 radical (unpaired) electrons. The van der Waals surface area contributed by atoms with E-state index in [1.807, 2.05) is 12.1 Å². The molecule has 2 aromatic carbocycles. The minimum absolute atomic E-state index is 0.0732. The number of ketones is 1. The smallest absolute Gasteiger partial charge is 0.191 e. The summed E-state index contributed by atoms with van der Waals surface area (Å²) in [4.78, 5) is 13.0. The van der Waals surface area contributed by atoms with Crippen LogP contribution in [0.3, 0.4) is 0 Å². The van der Waals surface area contributed by atoms with Crippen LogP contribution >= 0.6 is 11.8 Å². The van der Waals surface area contributed by atoms with E-state index in [1.165, 1.54) is 25.3 Å². The van der Waals surface area contributed by atoms with Gasteiger partial charge < -0.3 is 0 Å². The molecular formula is C21H20F4OS. The average molecular weight is 396 g/mol. The Labute approximate surface area is 160 Å². The second-order valence-corrected chi connectivity index (χ2v) is 7.19. The Kier molecular flexibility index (Phi) is 8.10. The number of allylic oxidation sites excluding steroid dienone is 1. The van der Waals surface area contributed by atoms with Crippen LogP contribution in [0, 0.1) is 23.3 Å². The highest BCUT2D eigenvalue weighted by atomic mass is 32.2. The Balaban J connectivity index is 2.01. The lowest BCUT2D eigenvalue weighted by Gasteiger charge is -2.04. The van der Waals surface area contributed by atoms with Gasteiger partial charge in [-0.3, -0.25) is 4.79 Å². The summed E-state index contributed by atoms with van der Waals surface area (Å²) in [7, 11) is 0. The molecule has 0 saturated heterocycles. The molecule has 0 aromatic heterocycles. The van der Waals surface area contributed by atoms with Crippen molar-refractivity contribution in [3.05, 3.63) is 70.8 Å². The quantitative estimate of drug-likeness (QED) is 0.116. The largest absolute Gasteiger partial charge is 0.289 e. The topological polar surface area (TPSA) is 17.1 Å². The number of carbonyl (C=O) groups is 1. The Morgan fingerprint density at radius 3 is 2.19 bits per heavy atom. The first kappa shape index (κ1) is 21.2. The molecule has 1 nitrogen and oxygen atoms in total. The van der Waals surface area contributed by atoms with Crippen LogP contribution in [0.1, 0.15) is 48.5 Å². The van der Waals surface area contributed by atoms with Gasteiger partial charge in [0.25, 0.3) is 0 Å². The molecule has 2 rings (SSSR count). The van der Waals surface area contributed by atoms with Crippen molar-refractivity contribution in [3.8, 4) is 0 Å². The predicted octanol–water partition coefficient (Wildman–Crippen LogP) is 6.81. The van der Waals surface area contributed by atoms with Crippen LogP contribution in [-0.2, 0) is 0 Å². The van der Waals surface area contributed by atoms with Crippen molar-refractivity contribution in [3.63, 3.8) is 0 Å². The molecule has 0 aliphatic carbocycles. The first-order valence-corrected chi connectivity index (χ1v) is 9.70. The lowest BCUT2D eigenvalue weighted by Crippen LogP contribution is -2.07. The van der Waals surface area contributed by atoms with Gasteiger partial charge in [0.1, 0.15) is 0 Å². The number of unbranched alkanes of at least 4 members (excludes halogenated alkanes) is 3. The highest BCUT2D eigenvalue weighted by Gasteiger charge is 2.23. The molecule has 0 aliphatic rings. The number of thioether (sulfide) groups is 1. The second-order valence-electron chi connectivity index (χ2n) is 6.02. The van der Waals surface area contributed by atoms with Crippen LogP contribution in [0.2, 0.25) is 0 Å². The molecule has 0 unspecified atom stereocenters. The molecule has 144 valence electrons. The maximum absolute atomic E-state index is 13.6. The SMILES string of the molecule is CCCCCCSc1ccc(/C=C/C(=O)c2c(F)c(F)cc(F)c2F)cc1. The van der Waals surface area contributed by atoms with Gasteiger partial charge >= 0.3 is 0 Å². The number of benzene rings is 2. The molecule has 0 heterocycles. The summed E-state index contributed by atoms with van der Waals surface area (Å²) in [5.41, 5.74) is -0.598. The summed E-state index contributed by atoms with van der Waals surface area (Å²) in [5, 5.41) is 0. The Bertz CT molecular complexity index is 790. The maximum atomic E-state index is 13.6. The van der Waals surface area contributed by atoms with E-state index in [-0.39, 0.29) is 6.07 Å². The van der Waals surface area contributed by atoms with Crippen LogP contribution < -0.4 is 0 Å². The van der Waals surface area contributed by atoms with Crippen molar-refractivity contribution in [1.29, 1.82) is 0 Å². The van der Waals surface area contributed by atoms with Gasteiger partial charge in [0.05, 0.1) is 5.56 Å². The summed E-state index contributed by atoms with van der Waals surface area (Å²) in [6, 6.07) is 7.37. The molecule has 0 amide bonds. The Morgan fingerprint density at radius 1 is 0.963 bits per heavy atom. The normalized spacial score (nSPS) is 11.3. The minimum atomic E-state index is -1.70. The fourth-order valence-electron chi connectivity index (χ4n) is 2.44. The zero-order chi connectivity index (χ0) is 19.8. The van der Waals surface area contributed by atoms with Gasteiger partial charge in [-0.15, -0.1) is 11.8 Å². The van der Waals surface area contributed by atoms with Gasteiger partial charge in [0.2, 0.25) is 0 Å². The standard InChI is InChI=1S/C21H20F4OS/c1-2-3-4-5-12-27-15-9-6-14(7-10-15)8-11-18(26)19-20(24)16(22)13-17(23)21(19)25/h6-11,13H,2-5,12H2,1H3/b11-8+. The van der Waals surface area contributed by atoms with Crippen LogP contribution in [-0.4, -0.2) is 11.5 Å². The highest BCUT2D eigenvalue weighted by molar-refractivity contribution is 7.99. The molecule has 0 aliphatic heterocycles. The summed E-state index contributed by atoms with van der Waals surface area (Å²) in [6.07, 6.45) is 7.03. The molecule has 2 aromatic rings. The van der Waals surface area contributed by atoms with Gasteiger partial charge in [-0.25, -0.2) is 17.6 Å². The third kappa shape index (κ3) is 5.96. The van der Waals surface area contributed by atoms with E-state index >= 15 is 0 Å². The summed E-state index contributed by atoms with van der Waals surface area (Å²) < 4.78 is 53.7. The fourth-order valence-corrected chi connectivity index (χ4v) is 3.35. The van der Waals surface area contributed by atoms with E-state index in [1.54, 1.807) is 23.9 Å². The second kappa shape index (κ2) is 10.3. The van der Waals surface area contributed by atoms with Gasteiger partial charge in [-0.1, -0.05) is 44.4 Å². The fraction of sp³-hybridized carbons (Fsp3) is 0.286. The molecule has 0 N–H and O–H groups in total. The molecule has 0 atom stereocenters. The van der Waals surface area contributed by atoms with E-state index in [4.69, 9.17) is 0 Å². The van der Waals surface area contributed by atoms with Crippen molar-refractivity contribution >= 4 is 23.6 Å². The van der Waals surface area contributed by atoms with Crippen molar-refractivity contribution in [2.75, 3.05) is 5.75 Å². The van der Waals surface area contributed by atoms with E-state index in [9.17, 15) is 22.4 Å². The van der Waals surface area contributed by atoms with Gasteiger partial charge in [0.15, 0.2) is 29.1 Å². The van der Waals surface area contributed by atoms with Crippen molar-refractivity contribution in [1.82, 2.24) is 0 Å². The third-order valence-electron chi connectivity index (χ3n) is 3.93. The minimum Gasteiger partial charge on any atom is -0.289 e. The molecule has 0 fully saturated rings. The summed E-state index contributed by atoms with van der Waals surface area (Å²) >= 11 is 1.73. The van der Waals surface area contributed by atoms with Crippen molar-refractivity contribution < 1.29 is 22.4 Å². The highest BCUT2D eigenvalue weighted by Crippen LogP contribution is 2.22. The zero-order valence-electron chi connectivity index (χ0n) is 14.9. The van der Waals surface area contributed by atoms with Gasteiger partial charge in [-0.05, 0) is 35.9 Å². The monoisotopic (exact) mass is 396 g/mol. The third-order valence-corrected chi connectivity index (χ3v) is 5.03. The van der Waals surface area contributed by atoms with E-state index in [0.717, 1.165) is 23.1 Å². The number of rotatable bonds is 9. The number of carbonyl (C=O) groups excluding carboxylic acids is 1. The van der Waals surface area contributed by atoms with E-state index < -0.39 is 34.6 Å². The molecule has 0 bridgehead atoms. The molecular weight excluding hydrogens is 376 g/mol. The predicted molar refractivity (Wildman–Crippen MR) is 101 cm³/mol. The Hall–Kier alpha value is -2.08. The number of hydrogen-bond acceptors (Lipinski definition) is 2. The van der Waals surface area contributed by atoms with Crippen molar-refractivity contribution in [2.45, 2.75) is 37.5 Å². The summed E-state index contributed by atoms with van der Waals surface area (Å²) in [6.45, 7) is 2.16. The maximum Gasteiger partial charge on any atom is 0.191 e. The van der Waals surface area contributed by atoms with Crippen LogP contribution in [0.25, 0.3) is 6.08 Å². The number of hydrogen-bond donors (Lipinski definition) is 0.